The van der Waals surface area contributed by atoms with Crippen molar-refractivity contribution in [1.82, 2.24) is 5.32 Å². The molecule has 0 atom stereocenters. The van der Waals surface area contributed by atoms with Gasteiger partial charge in [-0.25, -0.2) is 0 Å². The Morgan fingerprint density at radius 2 is 1.90 bits per heavy atom. The van der Waals surface area contributed by atoms with E-state index in [0.717, 1.165) is 34.6 Å². The van der Waals surface area contributed by atoms with Gasteiger partial charge in [0.2, 0.25) is 0 Å². The molecule has 0 fully saturated rings. The molecule has 0 spiro atoms. The predicted octanol–water partition coefficient (Wildman–Crippen LogP) is 5.31. The second-order valence-electron chi connectivity index (χ2n) is 4.56. The molecule has 2 aromatic carbocycles. The average Bonchev–Trinajstić information content (AvgIpc) is 2.42. The van der Waals surface area contributed by atoms with E-state index in [1.54, 1.807) is 0 Å². The Bertz CT molecular complexity index is 601. The summed E-state index contributed by atoms with van der Waals surface area (Å²) in [5, 5.41) is 4.00. The Hall–Kier alpha value is -1.03. The zero-order valence-corrected chi connectivity index (χ0v) is 13.9. The lowest BCUT2D eigenvalue weighted by atomic mass is 10.1. The zero-order chi connectivity index (χ0) is 14.5. The molecule has 2 nitrogen and oxygen atoms in total. The van der Waals surface area contributed by atoms with Gasteiger partial charge in [0.05, 0.1) is 4.47 Å². The monoisotopic (exact) mass is 353 g/mol. The zero-order valence-electron chi connectivity index (χ0n) is 11.5. The third-order valence-corrected chi connectivity index (χ3v) is 3.79. The fourth-order valence-corrected chi connectivity index (χ4v) is 2.65. The summed E-state index contributed by atoms with van der Waals surface area (Å²) in [7, 11) is 0. The van der Waals surface area contributed by atoms with Crippen LogP contribution in [0.15, 0.2) is 40.9 Å². The molecule has 2 aromatic rings. The summed E-state index contributed by atoms with van der Waals surface area (Å²) in [6, 6.07) is 11.7. The molecule has 2 rings (SSSR count). The third-order valence-electron chi connectivity index (χ3n) is 2.93. The lowest BCUT2D eigenvalue weighted by molar-refractivity contribution is 0.475. The number of benzene rings is 2. The number of ether oxygens (including phenoxy) is 1. The number of aryl methyl sites for hydroxylation is 1. The fourth-order valence-electron chi connectivity index (χ4n) is 1.88. The van der Waals surface area contributed by atoms with Gasteiger partial charge in [-0.2, -0.15) is 0 Å². The van der Waals surface area contributed by atoms with Crippen LogP contribution in [0.1, 0.15) is 18.1 Å². The molecule has 0 heterocycles. The first-order valence-corrected chi connectivity index (χ1v) is 7.70. The van der Waals surface area contributed by atoms with E-state index < -0.39 is 0 Å². The Labute approximate surface area is 133 Å². The smallest absolute Gasteiger partial charge is 0.141 e. The lowest BCUT2D eigenvalue weighted by Crippen LogP contribution is -2.11. The summed E-state index contributed by atoms with van der Waals surface area (Å²) < 4.78 is 6.78. The van der Waals surface area contributed by atoms with Crippen molar-refractivity contribution >= 4 is 27.5 Å². The quantitative estimate of drug-likeness (QED) is 0.785. The van der Waals surface area contributed by atoms with E-state index >= 15 is 0 Å². The Morgan fingerprint density at radius 3 is 2.55 bits per heavy atom. The molecule has 0 aliphatic carbocycles. The highest BCUT2D eigenvalue weighted by Crippen LogP contribution is 2.33. The van der Waals surface area contributed by atoms with Gasteiger partial charge < -0.3 is 10.1 Å². The van der Waals surface area contributed by atoms with Crippen molar-refractivity contribution in [2.45, 2.75) is 20.4 Å². The number of rotatable bonds is 5. The van der Waals surface area contributed by atoms with Crippen LogP contribution in [0.3, 0.4) is 0 Å². The number of hydrogen-bond donors (Lipinski definition) is 1. The summed E-state index contributed by atoms with van der Waals surface area (Å²) in [6.07, 6.45) is 0. The predicted molar refractivity (Wildman–Crippen MR) is 87.8 cm³/mol. The van der Waals surface area contributed by atoms with Crippen molar-refractivity contribution in [3.63, 3.8) is 0 Å². The van der Waals surface area contributed by atoms with Gasteiger partial charge in [-0.3, -0.25) is 0 Å². The van der Waals surface area contributed by atoms with Crippen LogP contribution in [-0.4, -0.2) is 6.54 Å². The number of nitrogens with one attached hydrogen (secondary N) is 1. The van der Waals surface area contributed by atoms with E-state index in [4.69, 9.17) is 16.3 Å². The van der Waals surface area contributed by atoms with Crippen LogP contribution in [0.2, 0.25) is 5.02 Å². The van der Waals surface area contributed by atoms with Crippen LogP contribution >= 0.6 is 27.5 Å². The van der Waals surface area contributed by atoms with E-state index in [1.807, 2.05) is 24.3 Å². The molecular weight excluding hydrogens is 338 g/mol. The van der Waals surface area contributed by atoms with E-state index in [-0.39, 0.29) is 0 Å². The van der Waals surface area contributed by atoms with Gasteiger partial charge in [-0.15, -0.1) is 0 Å². The normalized spacial score (nSPS) is 10.6. The van der Waals surface area contributed by atoms with Crippen molar-refractivity contribution in [3.8, 4) is 11.5 Å². The maximum absolute atomic E-state index is 5.93. The molecule has 0 bridgehead atoms. The van der Waals surface area contributed by atoms with Gasteiger partial charge in [-0.1, -0.05) is 30.7 Å². The van der Waals surface area contributed by atoms with Crippen molar-refractivity contribution < 1.29 is 4.74 Å². The number of halogens is 2. The first kappa shape index (κ1) is 15.4. The minimum absolute atomic E-state index is 0.682. The molecule has 0 saturated carbocycles. The molecule has 20 heavy (non-hydrogen) atoms. The van der Waals surface area contributed by atoms with E-state index in [0.29, 0.717) is 5.02 Å². The van der Waals surface area contributed by atoms with Crippen molar-refractivity contribution in [1.29, 1.82) is 0 Å². The first-order chi connectivity index (χ1) is 9.60. The Balaban J connectivity index is 2.17. The standard InChI is InChI=1S/C16H17BrClNO/c1-3-19-10-12-4-6-15(11(2)8-12)20-16-7-5-13(18)9-14(16)17/h4-9,19H,3,10H2,1-2H3. The van der Waals surface area contributed by atoms with Crippen molar-refractivity contribution in [2.75, 3.05) is 6.54 Å². The van der Waals surface area contributed by atoms with Crippen LogP contribution in [0.5, 0.6) is 11.5 Å². The SMILES string of the molecule is CCNCc1ccc(Oc2ccc(Cl)cc2Br)c(C)c1. The summed E-state index contributed by atoms with van der Waals surface area (Å²) in [6.45, 7) is 5.99. The summed E-state index contributed by atoms with van der Waals surface area (Å²) in [4.78, 5) is 0. The van der Waals surface area contributed by atoms with Gasteiger partial charge in [0.15, 0.2) is 0 Å². The third kappa shape index (κ3) is 3.98. The van der Waals surface area contributed by atoms with Crippen LogP contribution < -0.4 is 10.1 Å². The summed E-state index contributed by atoms with van der Waals surface area (Å²) in [5.74, 6) is 1.62. The molecule has 0 radical (unpaired) electrons. The van der Waals surface area contributed by atoms with E-state index in [2.05, 4.69) is 47.2 Å². The lowest BCUT2D eigenvalue weighted by Gasteiger charge is -2.12. The first-order valence-electron chi connectivity index (χ1n) is 6.53. The van der Waals surface area contributed by atoms with Gasteiger partial charge in [0.1, 0.15) is 11.5 Å². The maximum Gasteiger partial charge on any atom is 0.141 e. The molecule has 1 N–H and O–H groups in total. The van der Waals surface area contributed by atoms with E-state index in [1.165, 1.54) is 5.56 Å². The Kier molecular flexibility index (Phi) is 5.46. The molecule has 4 heteroatoms. The van der Waals surface area contributed by atoms with Crippen LogP contribution in [0.25, 0.3) is 0 Å². The topological polar surface area (TPSA) is 21.3 Å². The highest BCUT2D eigenvalue weighted by atomic mass is 79.9. The average molecular weight is 355 g/mol. The highest BCUT2D eigenvalue weighted by Gasteiger charge is 2.06. The largest absolute Gasteiger partial charge is 0.456 e. The van der Waals surface area contributed by atoms with Gasteiger partial charge >= 0.3 is 0 Å². The number of hydrogen-bond acceptors (Lipinski definition) is 2. The molecule has 0 unspecified atom stereocenters. The maximum atomic E-state index is 5.93. The van der Waals surface area contributed by atoms with Crippen molar-refractivity contribution in [3.05, 3.63) is 57.0 Å². The molecule has 0 amide bonds. The second kappa shape index (κ2) is 7.11. The van der Waals surface area contributed by atoms with Crippen LogP contribution in [-0.2, 0) is 6.54 Å². The highest BCUT2D eigenvalue weighted by molar-refractivity contribution is 9.10. The van der Waals surface area contributed by atoms with Gasteiger partial charge in [0, 0.05) is 11.6 Å². The molecule has 0 aliphatic heterocycles. The molecule has 0 aromatic heterocycles. The van der Waals surface area contributed by atoms with Crippen molar-refractivity contribution in [2.24, 2.45) is 0 Å². The van der Waals surface area contributed by atoms with Crippen LogP contribution in [0, 0.1) is 6.92 Å². The molecule has 106 valence electrons. The van der Waals surface area contributed by atoms with E-state index in [9.17, 15) is 0 Å². The van der Waals surface area contributed by atoms with Gasteiger partial charge in [-0.05, 0) is 64.8 Å². The minimum atomic E-state index is 0.682. The Morgan fingerprint density at radius 1 is 1.15 bits per heavy atom. The second-order valence-corrected chi connectivity index (χ2v) is 5.85. The molecule has 0 saturated heterocycles. The minimum Gasteiger partial charge on any atom is -0.456 e. The fraction of sp³-hybridized carbons (Fsp3) is 0.250. The summed E-state index contributed by atoms with van der Waals surface area (Å²) in [5.41, 5.74) is 2.37. The summed E-state index contributed by atoms with van der Waals surface area (Å²) >= 11 is 9.39. The molecular formula is C16H17BrClNO. The van der Waals surface area contributed by atoms with Gasteiger partial charge in [0.25, 0.3) is 0 Å². The molecule has 0 aliphatic rings. The van der Waals surface area contributed by atoms with Crippen LogP contribution in [0.4, 0.5) is 0 Å².